The molecular formula is C25H40BrNO6Si. The van der Waals surface area contributed by atoms with Crippen LogP contribution < -0.4 is 14.8 Å². The molecule has 1 N–H and O–H groups in total. The molecule has 1 aromatic rings. The number of halogens is 1. The zero-order chi connectivity index (χ0) is 26.3. The van der Waals surface area contributed by atoms with Gasteiger partial charge in [0, 0.05) is 18.3 Å². The topological polar surface area (TPSA) is 83.1 Å². The summed E-state index contributed by atoms with van der Waals surface area (Å²) in [7, 11) is 1.02. The van der Waals surface area contributed by atoms with E-state index in [4.69, 9.17) is 18.6 Å². The van der Waals surface area contributed by atoms with Gasteiger partial charge in [-0.25, -0.2) is 4.79 Å². The van der Waals surface area contributed by atoms with E-state index in [0.29, 0.717) is 22.6 Å². The molecule has 0 amide bonds. The first-order valence-electron chi connectivity index (χ1n) is 11.4. The highest BCUT2D eigenvalue weighted by Crippen LogP contribution is 2.37. The molecule has 7 nitrogen and oxygen atoms in total. The van der Waals surface area contributed by atoms with Crippen LogP contribution in [0.25, 0.3) is 0 Å². The van der Waals surface area contributed by atoms with Crippen molar-refractivity contribution in [2.45, 2.75) is 65.7 Å². The van der Waals surface area contributed by atoms with E-state index < -0.39 is 20.1 Å². The van der Waals surface area contributed by atoms with E-state index in [9.17, 15) is 9.59 Å². The van der Waals surface area contributed by atoms with E-state index in [1.165, 1.54) is 20.4 Å². The number of Topliss-reactive ketones (excluding diaryl/α,β-unsaturated/α-hetero) is 1. The second-order valence-corrected chi connectivity index (χ2v) is 15.5. The number of rotatable bonds is 12. The normalized spacial score (nSPS) is 13.5. The van der Waals surface area contributed by atoms with Gasteiger partial charge in [-0.2, -0.15) is 0 Å². The highest BCUT2D eigenvalue weighted by atomic mass is 79.9. The number of methoxy groups -OCH3 is 2. The molecule has 192 valence electrons. The van der Waals surface area contributed by atoms with Crippen LogP contribution in [0, 0.1) is 5.92 Å². The smallest absolute Gasteiger partial charge is 0.343 e. The van der Waals surface area contributed by atoms with Crippen LogP contribution in [-0.2, 0) is 14.0 Å². The molecule has 0 saturated heterocycles. The van der Waals surface area contributed by atoms with E-state index >= 15 is 0 Å². The lowest BCUT2D eigenvalue weighted by Crippen LogP contribution is -2.45. The number of esters is 1. The lowest BCUT2D eigenvalue weighted by atomic mass is 10.0. The third kappa shape index (κ3) is 7.85. The number of carbonyl (C=O) groups excluding carboxylic acids is 2. The van der Waals surface area contributed by atoms with E-state index in [2.05, 4.69) is 69.0 Å². The number of carbonyl (C=O) groups is 2. The van der Waals surface area contributed by atoms with Crippen molar-refractivity contribution < 1.29 is 28.2 Å². The first-order valence-corrected chi connectivity index (χ1v) is 15.1. The Morgan fingerprint density at radius 3 is 2.18 bits per heavy atom. The molecule has 0 aliphatic heterocycles. The predicted octanol–water partition coefficient (Wildman–Crippen LogP) is 5.73. The van der Waals surface area contributed by atoms with Gasteiger partial charge in [-0.1, -0.05) is 34.6 Å². The van der Waals surface area contributed by atoms with Gasteiger partial charge in [0.2, 0.25) is 5.78 Å². The van der Waals surface area contributed by atoms with Crippen LogP contribution in [0.1, 0.15) is 51.9 Å². The minimum absolute atomic E-state index is 0.0781. The molecule has 0 saturated carbocycles. The molecular weight excluding hydrogens is 518 g/mol. The van der Waals surface area contributed by atoms with Crippen LogP contribution in [0.5, 0.6) is 11.5 Å². The van der Waals surface area contributed by atoms with Crippen molar-refractivity contribution in [1.82, 2.24) is 5.32 Å². The summed E-state index contributed by atoms with van der Waals surface area (Å²) in [5, 5.41) is 3.32. The van der Waals surface area contributed by atoms with Crippen molar-refractivity contribution in [3.8, 4) is 11.5 Å². The van der Waals surface area contributed by atoms with Gasteiger partial charge in [-0.05, 0) is 53.0 Å². The highest BCUT2D eigenvalue weighted by molar-refractivity contribution is 9.10. The molecule has 0 aliphatic rings. The molecule has 0 aromatic heterocycles. The fraction of sp³-hybridized carbons (Fsp3) is 0.600. The Balaban J connectivity index is 3.31. The molecule has 0 radical (unpaired) electrons. The lowest BCUT2D eigenvalue weighted by Gasteiger charge is -2.38. The third-order valence-electron chi connectivity index (χ3n) is 6.13. The minimum Gasteiger partial charge on any atom is -0.496 e. The van der Waals surface area contributed by atoms with Gasteiger partial charge in [0.25, 0.3) is 0 Å². The second-order valence-electron chi connectivity index (χ2n) is 9.88. The van der Waals surface area contributed by atoms with Gasteiger partial charge >= 0.3 is 5.97 Å². The van der Waals surface area contributed by atoms with E-state index in [1.807, 2.05) is 0 Å². The summed E-state index contributed by atoms with van der Waals surface area (Å²) in [5.74, 6) is -0.220. The molecule has 0 unspecified atom stereocenters. The first kappa shape index (κ1) is 30.2. The Kier molecular flexibility index (Phi) is 11.3. The average Bonchev–Trinajstić information content (AvgIpc) is 2.74. The zero-order valence-electron chi connectivity index (χ0n) is 22.1. The number of ether oxygens (including phenoxy) is 3. The van der Waals surface area contributed by atoms with Crippen LogP contribution in [0.4, 0.5) is 0 Å². The summed E-state index contributed by atoms with van der Waals surface area (Å²) in [6.07, 6.45) is 1.44. The Morgan fingerprint density at radius 2 is 1.71 bits per heavy atom. The fourth-order valence-electron chi connectivity index (χ4n) is 2.75. The number of hydrogen-bond acceptors (Lipinski definition) is 7. The van der Waals surface area contributed by atoms with E-state index in [-0.39, 0.29) is 34.7 Å². The summed E-state index contributed by atoms with van der Waals surface area (Å²) in [5.41, 5.74) is 0.102. The molecule has 1 rings (SSSR count). The molecule has 34 heavy (non-hydrogen) atoms. The van der Waals surface area contributed by atoms with Crippen LogP contribution in [0.2, 0.25) is 18.1 Å². The van der Waals surface area contributed by atoms with Crippen molar-refractivity contribution >= 4 is 36.0 Å². The highest BCUT2D eigenvalue weighted by Gasteiger charge is 2.37. The Hall–Kier alpha value is -1.84. The van der Waals surface area contributed by atoms with Gasteiger partial charge in [0.05, 0.1) is 37.5 Å². The third-order valence-corrected chi connectivity index (χ3v) is 11.3. The maximum Gasteiger partial charge on any atom is 0.343 e. The molecule has 1 atom stereocenters. The quantitative estimate of drug-likeness (QED) is 0.0876. The molecule has 0 spiro atoms. The van der Waals surface area contributed by atoms with Crippen LogP contribution >= 0.6 is 15.9 Å². The van der Waals surface area contributed by atoms with Crippen molar-refractivity contribution in [2.24, 2.45) is 5.92 Å². The number of hydrogen-bond donors (Lipinski definition) is 1. The standard InChI is InChI=1S/C25H40BrNO6Si/c1-11-32-24(29)18(23(28)17-12-19(26)22(31-8)13-21(17)30-7)14-27-20(16(2)3)15-33-34(9,10)25(4,5)6/h12-14,16,20,27H,11,15H2,1-10H3/t20-/m1/s1. The average molecular weight is 559 g/mol. The summed E-state index contributed by atoms with van der Waals surface area (Å²) in [4.78, 5) is 26.2. The van der Waals surface area contributed by atoms with Crippen molar-refractivity contribution in [1.29, 1.82) is 0 Å². The number of ketones is 1. The van der Waals surface area contributed by atoms with E-state index in [0.717, 1.165) is 0 Å². The maximum absolute atomic E-state index is 13.4. The maximum atomic E-state index is 13.4. The largest absolute Gasteiger partial charge is 0.496 e. The van der Waals surface area contributed by atoms with Crippen molar-refractivity contribution in [3.63, 3.8) is 0 Å². The SMILES string of the molecule is CCOC(=O)C(=CN[C@H](CO[Si](C)(C)C(C)(C)C)C(C)C)C(=O)c1cc(Br)c(OC)cc1OC. The van der Waals surface area contributed by atoms with Gasteiger partial charge in [-0.15, -0.1) is 0 Å². The monoisotopic (exact) mass is 557 g/mol. The number of benzene rings is 1. The van der Waals surface area contributed by atoms with Crippen LogP contribution in [0.3, 0.4) is 0 Å². The summed E-state index contributed by atoms with van der Waals surface area (Å²) in [6.45, 7) is 17.4. The molecule has 1 aromatic carbocycles. The van der Waals surface area contributed by atoms with Crippen molar-refractivity contribution in [2.75, 3.05) is 27.4 Å². The predicted molar refractivity (Wildman–Crippen MR) is 141 cm³/mol. The zero-order valence-corrected chi connectivity index (χ0v) is 24.7. The molecule has 0 heterocycles. The van der Waals surface area contributed by atoms with Crippen molar-refractivity contribution in [3.05, 3.63) is 33.9 Å². The summed E-state index contributed by atoms with van der Waals surface area (Å²) in [6, 6.07) is 3.07. The molecule has 0 bridgehead atoms. The van der Waals surface area contributed by atoms with E-state index in [1.54, 1.807) is 19.1 Å². The van der Waals surface area contributed by atoms with Crippen LogP contribution in [-0.4, -0.2) is 53.5 Å². The molecule has 9 heteroatoms. The Morgan fingerprint density at radius 1 is 1.12 bits per heavy atom. The Bertz CT molecular complexity index is 892. The molecule has 0 fully saturated rings. The summed E-state index contributed by atoms with van der Waals surface area (Å²) >= 11 is 3.40. The molecule has 0 aliphatic carbocycles. The lowest BCUT2D eigenvalue weighted by molar-refractivity contribution is -0.138. The van der Waals surface area contributed by atoms with Crippen LogP contribution in [0.15, 0.2) is 28.4 Å². The Labute approximate surface area is 213 Å². The summed E-state index contributed by atoms with van der Waals surface area (Å²) < 4.78 is 22.8. The van der Waals surface area contributed by atoms with Gasteiger partial charge < -0.3 is 24.0 Å². The van der Waals surface area contributed by atoms with Gasteiger partial charge in [-0.3, -0.25) is 4.79 Å². The first-order chi connectivity index (χ1) is 15.7. The number of nitrogens with one attached hydrogen (secondary N) is 1. The van der Waals surface area contributed by atoms with Gasteiger partial charge in [0.1, 0.15) is 17.1 Å². The fourth-order valence-corrected chi connectivity index (χ4v) is 4.28. The van der Waals surface area contributed by atoms with Gasteiger partial charge in [0.15, 0.2) is 8.32 Å². The minimum atomic E-state index is -1.96. The second kappa shape index (κ2) is 12.7.